The van der Waals surface area contributed by atoms with E-state index < -0.39 is 0 Å². The van der Waals surface area contributed by atoms with E-state index in [1.165, 1.54) is 0 Å². The van der Waals surface area contributed by atoms with Crippen molar-refractivity contribution < 1.29 is 5.11 Å². The lowest BCUT2D eigenvalue weighted by molar-refractivity contribution is 0.170. The van der Waals surface area contributed by atoms with Gasteiger partial charge in [-0.1, -0.05) is 18.5 Å². The molecule has 4 nitrogen and oxygen atoms in total. The minimum absolute atomic E-state index is 0.256. The van der Waals surface area contributed by atoms with Crippen LogP contribution in [0, 0.1) is 0 Å². The van der Waals surface area contributed by atoms with Gasteiger partial charge in [-0.25, -0.2) is 0 Å². The number of aromatic nitrogens is 2. The van der Waals surface area contributed by atoms with Crippen molar-refractivity contribution in [1.29, 1.82) is 0 Å². The predicted octanol–water partition coefficient (Wildman–Crippen LogP) is 2.37. The van der Waals surface area contributed by atoms with Crippen LogP contribution in [0.15, 0.2) is 0 Å². The molecule has 0 aliphatic heterocycles. The van der Waals surface area contributed by atoms with E-state index in [0.29, 0.717) is 6.54 Å². The average Bonchev–Trinajstić information content (AvgIpc) is 2.62. The Morgan fingerprint density at radius 1 is 1.39 bits per heavy atom. The number of aryl methyl sites for hydroxylation is 2. The molecule has 0 amide bonds. The van der Waals surface area contributed by atoms with Crippen LogP contribution in [0.4, 0.5) is 0 Å². The Morgan fingerprint density at radius 2 is 2.06 bits per heavy atom. The number of nitrogens with one attached hydrogen (secondary N) is 1. The minimum atomic E-state index is -0.287. The van der Waals surface area contributed by atoms with E-state index in [4.69, 9.17) is 11.6 Å². The van der Waals surface area contributed by atoms with Gasteiger partial charge in [0.15, 0.2) is 0 Å². The van der Waals surface area contributed by atoms with E-state index in [9.17, 15) is 5.11 Å². The van der Waals surface area contributed by atoms with Crippen molar-refractivity contribution in [2.75, 3.05) is 0 Å². The fraction of sp³-hybridized carbons (Fsp3) is 0.769. The van der Waals surface area contributed by atoms with Crippen LogP contribution in [-0.4, -0.2) is 27.0 Å². The molecule has 0 aromatic carbocycles. The Kier molecular flexibility index (Phi) is 6.12. The molecule has 0 bridgehead atoms. The summed E-state index contributed by atoms with van der Waals surface area (Å²) in [6.07, 6.45) is 1.30. The minimum Gasteiger partial charge on any atom is -0.393 e. The van der Waals surface area contributed by atoms with Crippen LogP contribution in [0.5, 0.6) is 0 Å². The molecule has 18 heavy (non-hydrogen) atoms. The molecule has 0 radical (unpaired) electrons. The molecule has 0 spiro atoms. The zero-order chi connectivity index (χ0) is 13.7. The summed E-state index contributed by atoms with van der Waals surface area (Å²) in [6.45, 7) is 9.49. The van der Waals surface area contributed by atoms with E-state index in [1.54, 1.807) is 6.92 Å². The molecule has 2 unspecified atom stereocenters. The Hall–Kier alpha value is -0.580. The molecular weight excluding hydrogens is 250 g/mol. The van der Waals surface area contributed by atoms with Crippen LogP contribution in [0.3, 0.4) is 0 Å². The second kappa shape index (κ2) is 7.12. The molecule has 0 fully saturated rings. The van der Waals surface area contributed by atoms with Crippen LogP contribution in [0.25, 0.3) is 0 Å². The molecule has 2 atom stereocenters. The zero-order valence-electron chi connectivity index (χ0n) is 11.7. The molecule has 1 aromatic rings. The number of hydrogen-bond acceptors (Lipinski definition) is 3. The third kappa shape index (κ3) is 3.97. The quantitative estimate of drug-likeness (QED) is 0.802. The fourth-order valence-corrected chi connectivity index (χ4v) is 2.39. The average molecular weight is 274 g/mol. The molecule has 1 heterocycles. The van der Waals surface area contributed by atoms with Crippen molar-refractivity contribution >= 4 is 11.6 Å². The molecule has 0 aliphatic carbocycles. The first-order valence-electron chi connectivity index (χ1n) is 6.65. The summed E-state index contributed by atoms with van der Waals surface area (Å²) in [5.74, 6) is 0. The Labute approximate surface area is 114 Å². The van der Waals surface area contributed by atoms with E-state index in [1.807, 2.05) is 4.68 Å². The van der Waals surface area contributed by atoms with E-state index in [-0.39, 0.29) is 12.1 Å². The number of rotatable bonds is 7. The smallest absolute Gasteiger partial charge is 0.0863 e. The van der Waals surface area contributed by atoms with Crippen LogP contribution in [0.2, 0.25) is 5.02 Å². The molecular formula is C13H24ClN3O. The zero-order valence-corrected chi connectivity index (χ0v) is 12.5. The monoisotopic (exact) mass is 273 g/mol. The first-order chi connectivity index (χ1) is 8.49. The third-order valence-electron chi connectivity index (χ3n) is 3.01. The summed E-state index contributed by atoms with van der Waals surface area (Å²) in [5.41, 5.74) is 1.99. The number of halogens is 1. The van der Waals surface area contributed by atoms with E-state index in [0.717, 1.165) is 35.8 Å². The molecule has 0 saturated heterocycles. The van der Waals surface area contributed by atoms with Crippen LogP contribution in [-0.2, 0) is 19.5 Å². The highest BCUT2D eigenvalue weighted by molar-refractivity contribution is 6.31. The Morgan fingerprint density at radius 3 is 2.56 bits per heavy atom. The van der Waals surface area contributed by atoms with Crippen molar-refractivity contribution in [2.24, 2.45) is 0 Å². The van der Waals surface area contributed by atoms with Gasteiger partial charge in [0.05, 0.1) is 22.5 Å². The normalized spacial score (nSPS) is 14.8. The molecule has 1 rings (SSSR count). The number of nitrogens with zero attached hydrogens (tertiary/aromatic N) is 2. The van der Waals surface area contributed by atoms with Gasteiger partial charge in [0, 0.05) is 19.1 Å². The van der Waals surface area contributed by atoms with Crippen LogP contribution < -0.4 is 5.32 Å². The van der Waals surface area contributed by atoms with Gasteiger partial charge in [0.2, 0.25) is 0 Å². The highest BCUT2D eigenvalue weighted by Gasteiger charge is 2.15. The first-order valence-corrected chi connectivity index (χ1v) is 7.02. The van der Waals surface area contributed by atoms with Crippen LogP contribution >= 0.6 is 11.6 Å². The summed E-state index contributed by atoms with van der Waals surface area (Å²) in [4.78, 5) is 0. The number of hydrogen-bond donors (Lipinski definition) is 2. The molecule has 1 aromatic heterocycles. The van der Waals surface area contributed by atoms with Crippen molar-refractivity contribution in [3.8, 4) is 0 Å². The SMILES string of the molecule is CCc1nn(CC)c(CNC(C)CC(C)O)c1Cl. The second-order valence-electron chi connectivity index (χ2n) is 4.74. The summed E-state index contributed by atoms with van der Waals surface area (Å²) in [6, 6.07) is 0.256. The molecule has 5 heteroatoms. The Bertz CT molecular complexity index is 377. The van der Waals surface area contributed by atoms with Gasteiger partial charge in [0.1, 0.15) is 0 Å². The fourth-order valence-electron chi connectivity index (χ4n) is 2.05. The van der Waals surface area contributed by atoms with Crippen molar-refractivity contribution in [1.82, 2.24) is 15.1 Å². The van der Waals surface area contributed by atoms with Gasteiger partial charge in [0.25, 0.3) is 0 Å². The Balaban J connectivity index is 2.69. The summed E-state index contributed by atoms with van der Waals surface area (Å²) >= 11 is 6.32. The van der Waals surface area contributed by atoms with Gasteiger partial charge in [-0.2, -0.15) is 5.10 Å². The summed E-state index contributed by atoms with van der Waals surface area (Å²) < 4.78 is 1.95. The van der Waals surface area contributed by atoms with E-state index >= 15 is 0 Å². The highest BCUT2D eigenvalue weighted by Crippen LogP contribution is 2.21. The van der Waals surface area contributed by atoms with Gasteiger partial charge in [-0.05, 0) is 33.6 Å². The molecule has 2 N–H and O–H groups in total. The highest BCUT2D eigenvalue weighted by atomic mass is 35.5. The molecule has 104 valence electrons. The van der Waals surface area contributed by atoms with Crippen molar-refractivity contribution in [3.05, 3.63) is 16.4 Å². The van der Waals surface area contributed by atoms with Gasteiger partial charge in [-0.15, -0.1) is 0 Å². The van der Waals surface area contributed by atoms with Crippen molar-refractivity contribution in [3.63, 3.8) is 0 Å². The third-order valence-corrected chi connectivity index (χ3v) is 3.44. The first kappa shape index (κ1) is 15.5. The lowest BCUT2D eigenvalue weighted by atomic mass is 10.1. The maximum atomic E-state index is 9.33. The largest absolute Gasteiger partial charge is 0.393 e. The van der Waals surface area contributed by atoms with E-state index in [2.05, 4.69) is 31.2 Å². The van der Waals surface area contributed by atoms with Gasteiger partial charge < -0.3 is 10.4 Å². The molecule has 0 saturated carbocycles. The van der Waals surface area contributed by atoms with Crippen molar-refractivity contribution in [2.45, 2.75) is 65.8 Å². The van der Waals surface area contributed by atoms with Gasteiger partial charge in [-0.3, -0.25) is 4.68 Å². The summed E-state index contributed by atoms with van der Waals surface area (Å²) in [7, 11) is 0. The number of aliphatic hydroxyl groups is 1. The topological polar surface area (TPSA) is 50.1 Å². The summed E-state index contributed by atoms with van der Waals surface area (Å²) in [5, 5.41) is 18.0. The standard InChI is InChI=1S/C13H24ClN3O/c1-5-11-13(14)12(17(6-2)16-11)8-15-9(3)7-10(4)18/h9-10,15,18H,5-8H2,1-4H3. The van der Waals surface area contributed by atoms with Crippen LogP contribution in [0.1, 0.15) is 45.5 Å². The second-order valence-corrected chi connectivity index (χ2v) is 5.12. The maximum absolute atomic E-state index is 9.33. The lowest BCUT2D eigenvalue weighted by Gasteiger charge is -2.16. The lowest BCUT2D eigenvalue weighted by Crippen LogP contribution is -2.29. The maximum Gasteiger partial charge on any atom is 0.0863 e. The molecule has 0 aliphatic rings. The van der Waals surface area contributed by atoms with Gasteiger partial charge >= 0.3 is 0 Å². The predicted molar refractivity (Wildman–Crippen MR) is 74.9 cm³/mol. The number of aliphatic hydroxyl groups excluding tert-OH is 1.